The predicted octanol–water partition coefficient (Wildman–Crippen LogP) is 3.20. The molecule has 2 aromatic carbocycles. The number of quaternary nitrogens is 1. The molecule has 156 valence electrons. The highest BCUT2D eigenvalue weighted by molar-refractivity contribution is 6.01. The number of fused-ring (bicyclic) bond motifs is 4. The largest absolute Gasteiger partial charge is 0.466 e. The molecule has 0 amide bonds. The second kappa shape index (κ2) is 7.50. The molecule has 0 aliphatic carbocycles. The van der Waals surface area contributed by atoms with Crippen LogP contribution in [0, 0.1) is 0 Å². The SMILES string of the molecule is c1ccc(C[NH+]2CCC3(CC2)Oc2ccccc2[C@@H]2CC(c4ccncc4)=NN23)cc1. The first-order valence-electron chi connectivity index (χ1n) is 11.2. The first kappa shape index (κ1) is 18.6. The van der Waals surface area contributed by atoms with Crippen molar-refractivity contribution in [2.24, 2.45) is 5.10 Å². The number of piperidine rings is 1. The van der Waals surface area contributed by atoms with Gasteiger partial charge in [-0.05, 0) is 18.2 Å². The lowest BCUT2D eigenvalue weighted by Gasteiger charge is -2.50. The Morgan fingerprint density at radius 2 is 1.68 bits per heavy atom. The molecule has 0 saturated carbocycles. The Morgan fingerprint density at radius 3 is 2.48 bits per heavy atom. The van der Waals surface area contributed by atoms with Crippen molar-refractivity contribution in [1.82, 2.24) is 9.99 Å². The highest BCUT2D eigenvalue weighted by Crippen LogP contribution is 2.49. The van der Waals surface area contributed by atoms with Gasteiger partial charge in [0.05, 0.1) is 37.7 Å². The van der Waals surface area contributed by atoms with Gasteiger partial charge in [-0.3, -0.25) is 4.98 Å². The molecule has 0 radical (unpaired) electrons. The fourth-order valence-electron chi connectivity index (χ4n) is 5.33. The fourth-order valence-corrected chi connectivity index (χ4v) is 5.33. The number of hydrogen-bond acceptors (Lipinski definition) is 4. The Balaban J connectivity index is 1.29. The van der Waals surface area contributed by atoms with Crippen molar-refractivity contribution in [3.05, 3.63) is 95.8 Å². The van der Waals surface area contributed by atoms with Gasteiger partial charge in [0.25, 0.3) is 0 Å². The van der Waals surface area contributed by atoms with Crippen molar-refractivity contribution in [2.75, 3.05) is 13.1 Å². The van der Waals surface area contributed by atoms with Crippen LogP contribution in [0.2, 0.25) is 0 Å². The monoisotopic (exact) mass is 411 g/mol. The van der Waals surface area contributed by atoms with Crippen LogP contribution in [0.25, 0.3) is 0 Å². The van der Waals surface area contributed by atoms with E-state index in [1.807, 2.05) is 12.4 Å². The van der Waals surface area contributed by atoms with Gasteiger partial charge < -0.3 is 9.64 Å². The summed E-state index contributed by atoms with van der Waals surface area (Å²) in [6.45, 7) is 3.24. The second-order valence-corrected chi connectivity index (χ2v) is 8.85. The summed E-state index contributed by atoms with van der Waals surface area (Å²) < 4.78 is 6.75. The quantitative estimate of drug-likeness (QED) is 0.720. The van der Waals surface area contributed by atoms with E-state index in [9.17, 15) is 0 Å². The van der Waals surface area contributed by atoms with Crippen LogP contribution in [0.1, 0.15) is 42.0 Å². The highest BCUT2D eigenvalue weighted by Gasteiger charge is 2.52. The standard InChI is InChI=1S/C26H26N4O/c1-2-6-20(7-3-1)19-29-16-12-26(13-17-29)30-24(22-8-4-5-9-25(22)31-26)18-23(28-30)21-10-14-27-15-11-21/h1-11,14-15,24H,12-13,16-19H2/p+1/t24-/m0/s1. The summed E-state index contributed by atoms with van der Waals surface area (Å²) in [5.41, 5.74) is 4.59. The normalized spacial score (nSPS) is 26.7. The molecular formula is C26H27N4O+. The maximum Gasteiger partial charge on any atom is 0.208 e. The summed E-state index contributed by atoms with van der Waals surface area (Å²) in [5.74, 6) is 1.03. The number of ether oxygens (including phenoxy) is 1. The van der Waals surface area contributed by atoms with Crippen molar-refractivity contribution in [3.8, 4) is 5.75 Å². The number of para-hydroxylation sites is 1. The summed E-state index contributed by atoms with van der Waals surface area (Å²) in [4.78, 5) is 5.79. The van der Waals surface area contributed by atoms with E-state index in [2.05, 4.69) is 76.7 Å². The van der Waals surface area contributed by atoms with Gasteiger partial charge in [0.1, 0.15) is 12.3 Å². The Kier molecular flexibility index (Phi) is 4.50. The molecule has 0 bridgehead atoms. The minimum atomic E-state index is -0.353. The molecular weight excluding hydrogens is 384 g/mol. The Hall–Kier alpha value is -3.18. The van der Waals surface area contributed by atoms with Gasteiger partial charge in [-0.2, -0.15) is 5.10 Å². The molecule has 1 atom stereocenters. The number of benzene rings is 2. The first-order valence-corrected chi connectivity index (χ1v) is 11.2. The fraction of sp³-hybridized carbons (Fsp3) is 0.308. The molecule has 3 aliphatic heterocycles. The van der Waals surface area contributed by atoms with Crippen LogP contribution < -0.4 is 9.64 Å². The molecule has 0 unspecified atom stereocenters. The minimum Gasteiger partial charge on any atom is -0.466 e. The van der Waals surface area contributed by atoms with Crippen molar-refractivity contribution in [2.45, 2.75) is 37.6 Å². The molecule has 5 nitrogen and oxygen atoms in total. The van der Waals surface area contributed by atoms with Crippen LogP contribution in [0.5, 0.6) is 5.75 Å². The van der Waals surface area contributed by atoms with Crippen LogP contribution in [-0.2, 0) is 6.54 Å². The van der Waals surface area contributed by atoms with Crippen molar-refractivity contribution < 1.29 is 9.64 Å². The minimum absolute atomic E-state index is 0.240. The zero-order chi connectivity index (χ0) is 20.7. The zero-order valence-electron chi connectivity index (χ0n) is 17.6. The smallest absolute Gasteiger partial charge is 0.208 e. The summed E-state index contributed by atoms with van der Waals surface area (Å²) in [6.07, 6.45) is 6.56. The van der Waals surface area contributed by atoms with Crippen LogP contribution in [0.15, 0.2) is 84.2 Å². The van der Waals surface area contributed by atoms with Gasteiger partial charge in [0.2, 0.25) is 5.72 Å². The average Bonchev–Trinajstić information content (AvgIpc) is 3.29. The van der Waals surface area contributed by atoms with Crippen LogP contribution in [0.3, 0.4) is 0 Å². The number of nitrogens with zero attached hydrogens (tertiary/aromatic N) is 3. The van der Waals surface area contributed by atoms with E-state index < -0.39 is 0 Å². The molecule has 6 rings (SSSR count). The summed E-state index contributed by atoms with van der Waals surface area (Å²) in [5, 5.41) is 7.45. The number of rotatable bonds is 3. The number of pyridine rings is 1. The summed E-state index contributed by atoms with van der Waals surface area (Å²) in [7, 11) is 0. The third-order valence-electron chi connectivity index (χ3n) is 6.95. The average molecular weight is 412 g/mol. The van der Waals surface area contributed by atoms with Crippen molar-refractivity contribution in [1.29, 1.82) is 0 Å². The van der Waals surface area contributed by atoms with Crippen molar-refractivity contribution in [3.63, 3.8) is 0 Å². The third kappa shape index (κ3) is 3.29. The Bertz CT molecular complexity index is 1090. The van der Waals surface area contributed by atoms with Crippen molar-refractivity contribution >= 4 is 5.71 Å². The Labute approximate surface area is 183 Å². The van der Waals surface area contributed by atoms with E-state index in [1.54, 1.807) is 4.90 Å². The maximum atomic E-state index is 6.75. The molecule has 31 heavy (non-hydrogen) atoms. The van der Waals surface area contributed by atoms with Crippen LogP contribution in [-0.4, -0.2) is 34.5 Å². The molecule has 1 saturated heterocycles. The lowest BCUT2D eigenvalue weighted by Crippen LogP contribution is -3.12. The number of nitrogens with one attached hydrogen (secondary N) is 1. The van der Waals surface area contributed by atoms with Gasteiger partial charge in [-0.15, -0.1) is 0 Å². The molecule has 5 heteroatoms. The lowest BCUT2D eigenvalue weighted by atomic mass is 9.90. The number of likely N-dealkylation sites (tertiary alicyclic amines) is 1. The third-order valence-corrected chi connectivity index (χ3v) is 6.95. The summed E-state index contributed by atoms with van der Waals surface area (Å²) >= 11 is 0. The molecule has 1 aromatic heterocycles. The molecule has 3 aromatic rings. The molecule has 1 N–H and O–H groups in total. The zero-order valence-corrected chi connectivity index (χ0v) is 17.6. The predicted molar refractivity (Wildman–Crippen MR) is 120 cm³/mol. The number of hydrazone groups is 1. The van der Waals surface area contributed by atoms with Gasteiger partial charge in [-0.1, -0.05) is 48.5 Å². The van der Waals surface area contributed by atoms with E-state index in [0.29, 0.717) is 0 Å². The second-order valence-electron chi connectivity index (χ2n) is 8.85. The lowest BCUT2D eigenvalue weighted by molar-refractivity contribution is -0.921. The van der Waals surface area contributed by atoms with E-state index >= 15 is 0 Å². The van der Waals surface area contributed by atoms with Gasteiger partial charge in [0, 0.05) is 35.5 Å². The van der Waals surface area contributed by atoms with E-state index in [-0.39, 0.29) is 11.8 Å². The summed E-state index contributed by atoms with van der Waals surface area (Å²) in [6, 6.07) is 23.7. The topological polar surface area (TPSA) is 42.2 Å². The van der Waals surface area contributed by atoms with Gasteiger partial charge in [0.15, 0.2) is 0 Å². The molecule has 4 heterocycles. The molecule has 3 aliphatic rings. The van der Waals surface area contributed by atoms with E-state index in [1.165, 1.54) is 11.1 Å². The number of aromatic nitrogens is 1. The highest BCUT2D eigenvalue weighted by atomic mass is 16.5. The molecule has 1 fully saturated rings. The molecule has 1 spiro atoms. The van der Waals surface area contributed by atoms with Gasteiger partial charge >= 0.3 is 0 Å². The first-order chi connectivity index (χ1) is 15.3. The van der Waals surface area contributed by atoms with E-state index in [0.717, 1.165) is 55.9 Å². The Morgan fingerprint density at radius 1 is 0.935 bits per heavy atom. The van der Waals surface area contributed by atoms with Crippen LogP contribution >= 0.6 is 0 Å². The number of hydrogen-bond donors (Lipinski definition) is 1. The van der Waals surface area contributed by atoms with Gasteiger partial charge in [-0.25, -0.2) is 5.01 Å². The van der Waals surface area contributed by atoms with E-state index in [4.69, 9.17) is 9.84 Å². The maximum absolute atomic E-state index is 6.75. The van der Waals surface area contributed by atoms with Crippen LogP contribution in [0.4, 0.5) is 0 Å².